The fraction of sp³-hybridized carbons (Fsp3) is 0.303. The third kappa shape index (κ3) is 7.79. The summed E-state index contributed by atoms with van der Waals surface area (Å²) in [6.45, 7) is 1.70. The molecule has 0 saturated heterocycles. The highest BCUT2D eigenvalue weighted by atomic mass is 16.5. The van der Waals surface area contributed by atoms with Crippen LogP contribution in [0.15, 0.2) is 108 Å². The Labute approximate surface area is 215 Å². The third-order valence-electron chi connectivity index (χ3n) is 7.08. The Kier molecular flexibility index (Phi) is 9.70. The second-order valence-electron chi connectivity index (χ2n) is 9.60. The van der Waals surface area contributed by atoms with Gasteiger partial charge in [0.2, 0.25) is 0 Å². The zero-order chi connectivity index (χ0) is 25.0. The molecule has 0 aromatic heterocycles. The van der Waals surface area contributed by atoms with Crippen molar-refractivity contribution in [3.63, 3.8) is 0 Å². The van der Waals surface area contributed by atoms with Crippen LogP contribution in [0.5, 0.6) is 0 Å². The minimum atomic E-state index is -0.297. The van der Waals surface area contributed by atoms with Crippen LogP contribution in [0.1, 0.15) is 65.1 Å². The number of methoxy groups -OCH3 is 1. The van der Waals surface area contributed by atoms with Crippen LogP contribution in [0.3, 0.4) is 0 Å². The van der Waals surface area contributed by atoms with Gasteiger partial charge in [-0.1, -0.05) is 96.1 Å². The van der Waals surface area contributed by atoms with Crippen LogP contribution in [-0.2, 0) is 17.7 Å². The second kappa shape index (κ2) is 13.6. The zero-order valence-electron chi connectivity index (χ0n) is 21.3. The minimum absolute atomic E-state index is 0.297. The number of carbonyl (C=O) groups is 1. The summed E-state index contributed by atoms with van der Waals surface area (Å²) in [7, 11) is 1.41. The summed E-state index contributed by atoms with van der Waals surface area (Å²) in [4.78, 5) is 11.7. The van der Waals surface area contributed by atoms with Crippen molar-refractivity contribution in [1.82, 2.24) is 5.32 Å². The van der Waals surface area contributed by atoms with Crippen molar-refractivity contribution in [2.45, 2.75) is 51.0 Å². The highest BCUT2D eigenvalue weighted by molar-refractivity contribution is 5.89. The molecule has 0 spiro atoms. The standard InChI is InChI=1S/C33H37NO2/c1-36-33(35)31-21-19-29(20-22-31)24-34-25-32(30-10-6-3-7-11-30)23-18-28-16-14-27(15-17-28)13-12-26-8-4-2-5-9-26/h2-11,14,16,19-22,32,34H,12-13,15,17-18,23-25H2,1H3. The zero-order valence-corrected chi connectivity index (χ0v) is 21.3. The van der Waals surface area contributed by atoms with E-state index in [0.717, 1.165) is 44.3 Å². The van der Waals surface area contributed by atoms with Gasteiger partial charge in [0.1, 0.15) is 0 Å². The number of carbonyl (C=O) groups excluding carboxylic acids is 1. The van der Waals surface area contributed by atoms with E-state index in [4.69, 9.17) is 4.74 Å². The van der Waals surface area contributed by atoms with Crippen molar-refractivity contribution in [2.24, 2.45) is 0 Å². The van der Waals surface area contributed by atoms with Crippen molar-refractivity contribution in [1.29, 1.82) is 0 Å². The molecule has 0 fully saturated rings. The van der Waals surface area contributed by atoms with Gasteiger partial charge in [0.05, 0.1) is 12.7 Å². The van der Waals surface area contributed by atoms with E-state index in [0.29, 0.717) is 11.5 Å². The van der Waals surface area contributed by atoms with Crippen molar-refractivity contribution in [3.05, 3.63) is 130 Å². The van der Waals surface area contributed by atoms with Crippen LogP contribution in [0, 0.1) is 0 Å². The molecule has 4 rings (SSSR count). The molecular formula is C33H37NO2. The number of ether oxygens (including phenoxy) is 1. The Morgan fingerprint density at radius 1 is 0.778 bits per heavy atom. The summed E-state index contributed by atoms with van der Waals surface area (Å²) < 4.78 is 4.79. The number of nitrogens with one attached hydrogen (secondary N) is 1. The van der Waals surface area contributed by atoms with Gasteiger partial charge >= 0.3 is 5.97 Å². The predicted molar refractivity (Wildman–Crippen MR) is 148 cm³/mol. The molecular weight excluding hydrogens is 442 g/mol. The predicted octanol–water partition coefficient (Wildman–Crippen LogP) is 7.41. The monoisotopic (exact) mass is 479 g/mol. The summed E-state index contributed by atoms with van der Waals surface area (Å²) in [6.07, 6.45) is 11.7. The first kappa shape index (κ1) is 25.7. The van der Waals surface area contributed by atoms with Crippen molar-refractivity contribution < 1.29 is 9.53 Å². The lowest BCUT2D eigenvalue weighted by atomic mass is 9.88. The van der Waals surface area contributed by atoms with Crippen LogP contribution >= 0.6 is 0 Å². The number of esters is 1. The van der Waals surface area contributed by atoms with Crippen LogP contribution in [0.4, 0.5) is 0 Å². The molecule has 3 nitrogen and oxygen atoms in total. The SMILES string of the molecule is COC(=O)c1ccc(CNCC(CCC2=CC=C(CCc3ccccc3)CC2)c2ccccc2)cc1. The number of hydrogen-bond donors (Lipinski definition) is 1. The van der Waals surface area contributed by atoms with Crippen LogP contribution in [-0.4, -0.2) is 19.6 Å². The first-order valence-corrected chi connectivity index (χ1v) is 13.1. The molecule has 0 amide bonds. The van der Waals surface area contributed by atoms with Gasteiger partial charge in [0.15, 0.2) is 0 Å². The molecule has 1 N–H and O–H groups in total. The van der Waals surface area contributed by atoms with E-state index in [1.807, 2.05) is 24.3 Å². The van der Waals surface area contributed by atoms with Crippen LogP contribution < -0.4 is 5.32 Å². The molecule has 3 aromatic rings. The summed E-state index contributed by atoms with van der Waals surface area (Å²) in [5.41, 5.74) is 7.70. The van der Waals surface area contributed by atoms with Gasteiger partial charge in [-0.3, -0.25) is 0 Å². The van der Waals surface area contributed by atoms with Gasteiger partial charge in [-0.15, -0.1) is 0 Å². The van der Waals surface area contributed by atoms with E-state index in [2.05, 4.69) is 78.1 Å². The van der Waals surface area contributed by atoms with Gasteiger partial charge < -0.3 is 10.1 Å². The molecule has 1 unspecified atom stereocenters. The lowest BCUT2D eigenvalue weighted by Crippen LogP contribution is -2.21. The third-order valence-corrected chi connectivity index (χ3v) is 7.08. The average molecular weight is 480 g/mol. The molecule has 1 atom stereocenters. The molecule has 0 saturated carbocycles. The normalized spacial score (nSPS) is 14.0. The number of rotatable bonds is 12. The van der Waals surface area contributed by atoms with Crippen molar-refractivity contribution in [2.75, 3.05) is 13.7 Å². The van der Waals surface area contributed by atoms with Gasteiger partial charge in [0.25, 0.3) is 0 Å². The molecule has 3 aromatic carbocycles. The van der Waals surface area contributed by atoms with E-state index >= 15 is 0 Å². The molecule has 0 aliphatic heterocycles. The Morgan fingerprint density at radius 2 is 1.42 bits per heavy atom. The Hall–Kier alpha value is -3.43. The number of allylic oxidation sites excluding steroid dienone is 4. The molecule has 0 radical (unpaired) electrons. The van der Waals surface area contributed by atoms with Gasteiger partial charge in [-0.2, -0.15) is 0 Å². The van der Waals surface area contributed by atoms with Crippen LogP contribution in [0.2, 0.25) is 0 Å². The molecule has 3 heteroatoms. The van der Waals surface area contributed by atoms with E-state index in [9.17, 15) is 4.79 Å². The topological polar surface area (TPSA) is 38.3 Å². The maximum Gasteiger partial charge on any atom is 0.337 e. The first-order chi connectivity index (χ1) is 17.7. The lowest BCUT2D eigenvalue weighted by molar-refractivity contribution is 0.0600. The largest absolute Gasteiger partial charge is 0.465 e. The Balaban J connectivity index is 1.29. The average Bonchev–Trinajstić information content (AvgIpc) is 2.95. The summed E-state index contributed by atoms with van der Waals surface area (Å²) in [5, 5.41) is 3.64. The second-order valence-corrected chi connectivity index (χ2v) is 9.60. The van der Waals surface area contributed by atoms with E-state index in [1.54, 1.807) is 11.1 Å². The number of aryl methyl sites for hydroxylation is 1. The molecule has 1 aliphatic carbocycles. The van der Waals surface area contributed by atoms with Gasteiger partial charge in [-0.05, 0) is 73.3 Å². The van der Waals surface area contributed by atoms with E-state index in [-0.39, 0.29) is 5.97 Å². The molecule has 36 heavy (non-hydrogen) atoms. The van der Waals surface area contributed by atoms with Crippen molar-refractivity contribution in [3.8, 4) is 0 Å². The summed E-state index contributed by atoms with van der Waals surface area (Å²) >= 11 is 0. The van der Waals surface area contributed by atoms with Gasteiger partial charge in [-0.25, -0.2) is 4.79 Å². The number of benzene rings is 3. The van der Waals surface area contributed by atoms with Crippen molar-refractivity contribution >= 4 is 5.97 Å². The fourth-order valence-electron chi connectivity index (χ4n) is 4.83. The quantitative estimate of drug-likeness (QED) is 0.275. The van der Waals surface area contributed by atoms with E-state index < -0.39 is 0 Å². The highest BCUT2D eigenvalue weighted by Gasteiger charge is 2.14. The molecule has 186 valence electrons. The maximum atomic E-state index is 11.7. The first-order valence-electron chi connectivity index (χ1n) is 13.1. The summed E-state index contributed by atoms with van der Waals surface area (Å²) in [5.74, 6) is 0.165. The Bertz CT molecular complexity index is 1150. The van der Waals surface area contributed by atoms with Gasteiger partial charge in [0, 0.05) is 13.1 Å². The lowest BCUT2D eigenvalue weighted by Gasteiger charge is -2.21. The molecule has 0 heterocycles. The Morgan fingerprint density at radius 3 is 2.06 bits per heavy atom. The molecule has 1 aliphatic rings. The number of hydrogen-bond acceptors (Lipinski definition) is 3. The minimum Gasteiger partial charge on any atom is -0.465 e. The van der Waals surface area contributed by atoms with E-state index in [1.165, 1.54) is 31.1 Å². The van der Waals surface area contributed by atoms with Crippen LogP contribution in [0.25, 0.3) is 0 Å². The molecule has 0 bridgehead atoms. The highest BCUT2D eigenvalue weighted by Crippen LogP contribution is 2.29. The fourth-order valence-corrected chi connectivity index (χ4v) is 4.83. The maximum absolute atomic E-state index is 11.7. The summed E-state index contributed by atoms with van der Waals surface area (Å²) in [6, 6.07) is 29.3. The smallest absolute Gasteiger partial charge is 0.337 e.